The van der Waals surface area contributed by atoms with Crippen LogP contribution in [-0.4, -0.2) is 27.1 Å². The molecule has 100 valence electrons. The Bertz CT molecular complexity index is 650. The number of hydrazine groups is 1. The van der Waals surface area contributed by atoms with Gasteiger partial charge in [0.15, 0.2) is 0 Å². The third-order valence-corrected chi connectivity index (χ3v) is 2.91. The molecular formula is C12H13ClN4O2. The van der Waals surface area contributed by atoms with Crippen molar-refractivity contribution in [2.45, 2.75) is 13.8 Å². The van der Waals surface area contributed by atoms with Crippen molar-refractivity contribution in [1.29, 1.82) is 0 Å². The number of hydrogen-bond acceptors (Lipinski definition) is 3. The average molecular weight is 281 g/mol. The second kappa shape index (κ2) is 5.27. The first kappa shape index (κ1) is 13.4. The fourth-order valence-electron chi connectivity index (χ4n) is 1.81. The van der Waals surface area contributed by atoms with E-state index in [4.69, 9.17) is 11.6 Å². The third-order valence-electron chi connectivity index (χ3n) is 2.67. The molecule has 0 bridgehead atoms. The monoisotopic (exact) mass is 280 g/mol. The van der Waals surface area contributed by atoms with Crippen LogP contribution in [0.4, 0.5) is 0 Å². The Labute approximate surface area is 114 Å². The number of carbonyl (C=O) groups excluding carboxylic acids is 2. The van der Waals surface area contributed by atoms with Gasteiger partial charge in [-0.3, -0.25) is 24.8 Å². The summed E-state index contributed by atoms with van der Waals surface area (Å²) in [6.45, 7) is 3.66. The van der Waals surface area contributed by atoms with Gasteiger partial charge in [0.05, 0.1) is 5.69 Å². The number of fused-ring (bicyclic) bond motifs is 1. The SMILES string of the molecule is Cc1nc2c(C)cccn2c1C(=O)NNC(=O)CCl. The van der Waals surface area contributed by atoms with Crippen molar-refractivity contribution < 1.29 is 9.59 Å². The van der Waals surface area contributed by atoms with Gasteiger partial charge >= 0.3 is 0 Å². The standard InChI is InChI=1S/C12H13ClN4O2/c1-7-4-3-5-17-10(8(2)14-11(7)17)12(19)16-15-9(18)6-13/h3-5H,6H2,1-2H3,(H,15,18)(H,16,19). The number of nitrogens with one attached hydrogen (secondary N) is 2. The normalized spacial score (nSPS) is 10.5. The number of rotatable bonds is 2. The molecule has 19 heavy (non-hydrogen) atoms. The lowest BCUT2D eigenvalue weighted by Crippen LogP contribution is -2.42. The van der Waals surface area contributed by atoms with Gasteiger partial charge in [-0.25, -0.2) is 4.98 Å². The minimum atomic E-state index is -0.474. The molecule has 2 heterocycles. The first-order valence-electron chi connectivity index (χ1n) is 5.64. The van der Waals surface area contributed by atoms with Crippen LogP contribution in [0.5, 0.6) is 0 Å². The number of alkyl halides is 1. The summed E-state index contributed by atoms with van der Waals surface area (Å²) in [5, 5.41) is 0. The lowest BCUT2D eigenvalue weighted by atomic mass is 10.3. The Morgan fingerprint density at radius 1 is 1.37 bits per heavy atom. The Morgan fingerprint density at radius 3 is 2.79 bits per heavy atom. The number of aryl methyl sites for hydroxylation is 2. The van der Waals surface area contributed by atoms with Crippen LogP contribution in [0.3, 0.4) is 0 Å². The molecule has 2 amide bonds. The molecule has 0 radical (unpaired) electrons. The lowest BCUT2D eigenvalue weighted by Gasteiger charge is -2.06. The Kier molecular flexibility index (Phi) is 3.71. The van der Waals surface area contributed by atoms with Crippen LogP contribution in [0.25, 0.3) is 5.65 Å². The number of pyridine rings is 1. The van der Waals surface area contributed by atoms with Crippen LogP contribution >= 0.6 is 11.6 Å². The van der Waals surface area contributed by atoms with Crippen molar-refractivity contribution in [3.8, 4) is 0 Å². The highest BCUT2D eigenvalue weighted by atomic mass is 35.5. The first-order valence-corrected chi connectivity index (χ1v) is 6.17. The van der Waals surface area contributed by atoms with Gasteiger partial charge in [-0.05, 0) is 25.5 Å². The van der Waals surface area contributed by atoms with E-state index in [1.807, 2.05) is 19.1 Å². The first-order chi connectivity index (χ1) is 9.04. The predicted molar refractivity (Wildman–Crippen MR) is 71.0 cm³/mol. The van der Waals surface area contributed by atoms with E-state index < -0.39 is 11.8 Å². The van der Waals surface area contributed by atoms with E-state index in [9.17, 15) is 9.59 Å². The molecule has 0 aliphatic heterocycles. The smallest absolute Gasteiger partial charge is 0.288 e. The van der Waals surface area contributed by atoms with Crippen molar-refractivity contribution in [3.63, 3.8) is 0 Å². The van der Waals surface area contributed by atoms with Gasteiger partial charge in [-0.1, -0.05) is 6.07 Å². The summed E-state index contributed by atoms with van der Waals surface area (Å²) in [5.41, 5.74) is 7.18. The minimum Gasteiger partial charge on any atom is -0.295 e. The van der Waals surface area contributed by atoms with Gasteiger partial charge in [0.25, 0.3) is 11.8 Å². The quantitative estimate of drug-likeness (QED) is 0.635. The molecule has 2 rings (SSSR count). The van der Waals surface area contributed by atoms with Gasteiger partial charge in [0.1, 0.15) is 17.2 Å². The molecule has 0 aromatic carbocycles. The fourth-order valence-corrected chi connectivity index (χ4v) is 1.88. The topological polar surface area (TPSA) is 75.5 Å². The molecule has 0 saturated heterocycles. The highest BCUT2D eigenvalue weighted by molar-refractivity contribution is 6.27. The van der Waals surface area contributed by atoms with Crippen LogP contribution in [-0.2, 0) is 4.79 Å². The predicted octanol–water partition coefficient (Wildman–Crippen LogP) is 0.951. The molecule has 0 unspecified atom stereocenters. The van der Waals surface area contributed by atoms with Crippen LogP contribution in [0.1, 0.15) is 21.7 Å². The number of carbonyl (C=O) groups is 2. The third kappa shape index (κ3) is 2.53. The fraction of sp³-hybridized carbons (Fsp3) is 0.250. The van der Waals surface area contributed by atoms with Crippen molar-refractivity contribution in [2.75, 3.05) is 5.88 Å². The number of imidazole rings is 1. The van der Waals surface area contributed by atoms with Crippen LogP contribution in [0.15, 0.2) is 18.3 Å². The maximum atomic E-state index is 12.0. The van der Waals surface area contributed by atoms with Gasteiger partial charge in [-0.15, -0.1) is 11.6 Å². The number of halogens is 1. The van der Waals surface area contributed by atoms with E-state index in [0.717, 1.165) is 5.56 Å². The van der Waals surface area contributed by atoms with E-state index in [1.54, 1.807) is 17.5 Å². The van der Waals surface area contributed by atoms with Crippen molar-refractivity contribution >= 4 is 29.1 Å². The molecule has 0 aliphatic carbocycles. The van der Waals surface area contributed by atoms with Crippen molar-refractivity contribution in [2.24, 2.45) is 0 Å². The summed E-state index contributed by atoms with van der Waals surface area (Å²) >= 11 is 5.33. The zero-order valence-electron chi connectivity index (χ0n) is 10.5. The maximum absolute atomic E-state index is 12.0. The number of amides is 2. The Hall–Kier alpha value is -2.08. The number of aromatic nitrogens is 2. The molecule has 0 fully saturated rings. The summed E-state index contributed by atoms with van der Waals surface area (Å²) in [4.78, 5) is 27.4. The van der Waals surface area contributed by atoms with E-state index in [1.165, 1.54) is 0 Å². The number of hydrogen-bond donors (Lipinski definition) is 2. The van der Waals surface area contributed by atoms with Crippen LogP contribution in [0, 0.1) is 13.8 Å². The van der Waals surface area contributed by atoms with E-state index in [2.05, 4.69) is 15.8 Å². The van der Waals surface area contributed by atoms with E-state index in [0.29, 0.717) is 17.0 Å². The average Bonchev–Trinajstić information content (AvgIpc) is 2.73. The van der Waals surface area contributed by atoms with Crippen molar-refractivity contribution in [3.05, 3.63) is 35.3 Å². The zero-order chi connectivity index (χ0) is 14.0. The molecule has 0 atom stereocenters. The van der Waals surface area contributed by atoms with Crippen molar-refractivity contribution in [1.82, 2.24) is 20.2 Å². The lowest BCUT2D eigenvalue weighted by molar-refractivity contribution is -0.119. The minimum absolute atomic E-state index is 0.217. The Balaban J connectivity index is 2.34. The van der Waals surface area contributed by atoms with E-state index in [-0.39, 0.29) is 5.88 Å². The van der Waals surface area contributed by atoms with Gasteiger partial charge in [0.2, 0.25) is 0 Å². The largest absolute Gasteiger partial charge is 0.295 e. The molecule has 7 heteroatoms. The summed E-state index contributed by atoms with van der Waals surface area (Å²) in [5.74, 6) is -1.13. The molecule has 6 nitrogen and oxygen atoms in total. The van der Waals surface area contributed by atoms with Crippen LogP contribution in [0.2, 0.25) is 0 Å². The van der Waals surface area contributed by atoms with E-state index >= 15 is 0 Å². The summed E-state index contributed by atoms with van der Waals surface area (Å²) in [6, 6.07) is 3.75. The molecular weight excluding hydrogens is 268 g/mol. The molecule has 0 spiro atoms. The number of nitrogens with zero attached hydrogens (tertiary/aromatic N) is 2. The Morgan fingerprint density at radius 2 is 2.11 bits per heavy atom. The molecule has 2 aromatic rings. The maximum Gasteiger partial charge on any atom is 0.288 e. The van der Waals surface area contributed by atoms with Gasteiger partial charge in [-0.2, -0.15) is 0 Å². The highest BCUT2D eigenvalue weighted by Crippen LogP contribution is 2.14. The van der Waals surface area contributed by atoms with Crippen LogP contribution < -0.4 is 10.9 Å². The highest BCUT2D eigenvalue weighted by Gasteiger charge is 2.17. The van der Waals surface area contributed by atoms with Gasteiger partial charge in [0, 0.05) is 6.20 Å². The molecule has 2 aromatic heterocycles. The molecule has 0 aliphatic rings. The summed E-state index contributed by atoms with van der Waals surface area (Å²) < 4.78 is 1.69. The second-order valence-electron chi connectivity index (χ2n) is 4.07. The zero-order valence-corrected chi connectivity index (χ0v) is 11.3. The second-order valence-corrected chi connectivity index (χ2v) is 4.33. The molecule has 0 saturated carbocycles. The summed E-state index contributed by atoms with van der Waals surface area (Å²) in [7, 11) is 0. The summed E-state index contributed by atoms with van der Waals surface area (Å²) in [6.07, 6.45) is 1.75. The van der Waals surface area contributed by atoms with Gasteiger partial charge < -0.3 is 0 Å². The molecule has 2 N–H and O–H groups in total.